The molecule has 0 heterocycles. The molecular weight excluding hydrogens is 284 g/mol. The maximum atomic E-state index is 13.6. The van der Waals surface area contributed by atoms with Gasteiger partial charge in [-0.05, 0) is 18.2 Å². The molecule has 1 atom stereocenters. The highest BCUT2D eigenvalue weighted by molar-refractivity contribution is 6.33. The number of hydrogen-bond donors (Lipinski definition) is 0. The van der Waals surface area contributed by atoms with E-state index in [9.17, 15) is 13.2 Å². The summed E-state index contributed by atoms with van der Waals surface area (Å²) in [5.41, 5.74) is -0.0450. The van der Waals surface area contributed by atoms with Gasteiger partial charge >= 0.3 is 0 Å². The zero-order valence-electron chi connectivity index (χ0n) is 8.93. The summed E-state index contributed by atoms with van der Waals surface area (Å²) in [6, 6.07) is 6.98. The Morgan fingerprint density at radius 2 is 1.67 bits per heavy atom. The first kappa shape index (κ1) is 13.2. The number of halogens is 5. The second-order valence-corrected chi connectivity index (χ2v) is 4.51. The van der Waals surface area contributed by atoms with Crippen molar-refractivity contribution in [3.05, 3.63) is 70.0 Å². The van der Waals surface area contributed by atoms with Crippen molar-refractivity contribution in [1.82, 2.24) is 0 Å². The minimum absolute atomic E-state index is 0.0219. The molecule has 0 radical (unpaired) electrons. The zero-order valence-corrected chi connectivity index (χ0v) is 10.4. The van der Waals surface area contributed by atoms with Crippen LogP contribution < -0.4 is 0 Å². The van der Waals surface area contributed by atoms with Crippen molar-refractivity contribution >= 4 is 23.2 Å². The third kappa shape index (κ3) is 2.47. The summed E-state index contributed by atoms with van der Waals surface area (Å²) in [5, 5.41) is -1.02. The number of hydrogen-bond acceptors (Lipinski definition) is 0. The molecule has 94 valence electrons. The Labute approximate surface area is 112 Å². The number of benzene rings is 2. The van der Waals surface area contributed by atoms with Crippen LogP contribution in [0.25, 0.3) is 0 Å². The molecule has 0 aliphatic rings. The van der Waals surface area contributed by atoms with Crippen molar-refractivity contribution in [2.45, 2.75) is 5.38 Å². The van der Waals surface area contributed by atoms with Gasteiger partial charge in [-0.2, -0.15) is 0 Å². The fraction of sp³-hybridized carbons (Fsp3) is 0.0769. The Kier molecular flexibility index (Phi) is 3.83. The first-order valence-corrected chi connectivity index (χ1v) is 5.85. The Balaban J connectivity index is 2.51. The third-order valence-electron chi connectivity index (χ3n) is 2.49. The second kappa shape index (κ2) is 5.21. The molecule has 0 bridgehead atoms. The summed E-state index contributed by atoms with van der Waals surface area (Å²) in [5.74, 6) is -2.19. The summed E-state index contributed by atoms with van der Waals surface area (Å²) >= 11 is 11.8. The lowest BCUT2D eigenvalue weighted by Gasteiger charge is -2.13. The highest BCUT2D eigenvalue weighted by atomic mass is 35.5. The van der Waals surface area contributed by atoms with E-state index in [1.54, 1.807) is 0 Å². The molecule has 0 saturated carbocycles. The molecule has 0 fully saturated rings. The maximum Gasteiger partial charge on any atom is 0.131 e. The van der Waals surface area contributed by atoms with E-state index in [2.05, 4.69) is 0 Å². The van der Waals surface area contributed by atoms with Gasteiger partial charge in [0.2, 0.25) is 0 Å². The molecule has 5 heteroatoms. The van der Waals surface area contributed by atoms with Crippen LogP contribution in [0, 0.1) is 17.5 Å². The normalized spacial score (nSPS) is 12.5. The van der Waals surface area contributed by atoms with Crippen LogP contribution in [0.15, 0.2) is 36.4 Å². The fourth-order valence-electron chi connectivity index (χ4n) is 1.62. The Morgan fingerprint density at radius 3 is 2.28 bits per heavy atom. The predicted octanol–water partition coefficient (Wildman–Crippen LogP) is 5.09. The maximum absolute atomic E-state index is 13.6. The minimum atomic E-state index is -1.11. The fourth-order valence-corrected chi connectivity index (χ4v) is 2.34. The summed E-state index contributed by atoms with van der Waals surface area (Å²) < 4.78 is 40.0. The number of alkyl halides is 1. The average molecular weight is 291 g/mol. The molecule has 2 aromatic carbocycles. The molecule has 0 aliphatic carbocycles. The lowest BCUT2D eigenvalue weighted by molar-refractivity contribution is 0.570. The molecular formula is C13H7Cl2F3. The van der Waals surface area contributed by atoms with Gasteiger partial charge < -0.3 is 0 Å². The van der Waals surface area contributed by atoms with Gasteiger partial charge in [-0.3, -0.25) is 0 Å². The zero-order chi connectivity index (χ0) is 13.3. The SMILES string of the molecule is Fc1ccc(C(Cl)c2c(F)cccc2Cl)c(F)c1. The van der Waals surface area contributed by atoms with E-state index in [4.69, 9.17) is 23.2 Å². The van der Waals surface area contributed by atoms with E-state index < -0.39 is 22.8 Å². The first-order valence-electron chi connectivity index (χ1n) is 5.03. The summed E-state index contributed by atoms with van der Waals surface area (Å²) in [4.78, 5) is 0. The lowest BCUT2D eigenvalue weighted by Crippen LogP contribution is -2.01. The van der Waals surface area contributed by atoms with Gasteiger partial charge in [-0.1, -0.05) is 23.7 Å². The van der Waals surface area contributed by atoms with E-state index in [1.165, 1.54) is 24.3 Å². The van der Waals surface area contributed by atoms with Crippen LogP contribution in [-0.4, -0.2) is 0 Å². The molecule has 0 spiro atoms. The summed E-state index contributed by atoms with van der Waals surface area (Å²) in [6.45, 7) is 0. The highest BCUT2D eigenvalue weighted by Gasteiger charge is 2.21. The average Bonchev–Trinajstić information content (AvgIpc) is 2.28. The molecule has 0 aromatic heterocycles. The van der Waals surface area contributed by atoms with E-state index in [0.717, 1.165) is 6.07 Å². The minimum Gasteiger partial charge on any atom is -0.207 e. The summed E-state index contributed by atoms with van der Waals surface area (Å²) in [6.07, 6.45) is 0. The topological polar surface area (TPSA) is 0 Å². The first-order chi connectivity index (χ1) is 8.50. The number of rotatable bonds is 2. The third-order valence-corrected chi connectivity index (χ3v) is 3.27. The Bertz CT molecular complexity index is 564. The molecule has 2 rings (SSSR count). The van der Waals surface area contributed by atoms with E-state index >= 15 is 0 Å². The highest BCUT2D eigenvalue weighted by Crippen LogP contribution is 2.36. The second-order valence-electron chi connectivity index (χ2n) is 3.66. The predicted molar refractivity (Wildman–Crippen MR) is 65.5 cm³/mol. The van der Waals surface area contributed by atoms with E-state index in [0.29, 0.717) is 6.07 Å². The van der Waals surface area contributed by atoms with Crippen molar-refractivity contribution < 1.29 is 13.2 Å². The van der Waals surface area contributed by atoms with Gasteiger partial charge in [0.25, 0.3) is 0 Å². The van der Waals surface area contributed by atoms with Gasteiger partial charge in [0.15, 0.2) is 0 Å². The molecule has 0 amide bonds. The molecule has 18 heavy (non-hydrogen) atoms. The quantitative estimate of drug-likeness (QED) is 0.676. The summed E-state index contributed by atoms with van der Waals surface area (Å²) in [7, 11) is 0. The largest absolute Gasteiger partial charge is 0.207 e. The van der Waals surface area contributed by atoms with Crippen molar-refractivity contribution in [3.63, 3.8) is 0 Å². The van der Waals surface area contributed by atoms with Crippen LogP contribution in [0.5, 0.6) is 0 Å². The van der Waals surface area contributed by atoms with Crippen LogP contribution in [0.2, 0.25) is 5.02 Å². The van der Waals surface area contributed by atoms with Crippen molar-refractivity contribution in [3.8, 4) is 0 Å². The van der Waals surface area contributed by atoms with E-state index in [-0.39, 0.29) is 16.1 Å². The van der Waals surface area contributed by atoms with Crippen molar-refractivity contribution in [2.24, 2.45) is 0 Å². The molecule has 0 saturated heterocycles. The molecule has 1 unspecified atom stereocenters. The molecule has 0 aliphatic heterocycles. The van der Waals surface area contributed by atoms with Gasteiger partial charge in [-0.25, -0.2) is 13.2 Å². The van der Waals surface area contributed by atoms with Crippen LogP contribution in [0.1, 0.15) is 16.5 Å². The van der Waals surface area contributed by atoms with Crippen molar-refractivity contribution in [1.29, 1.82) is 0 Å². The van der Waals surface area contributed by atoms with Crippen molar-refractivity contribution in [2.75, 3.05) is 0 Å². The van der Waals surface area contributed by atoms with Crippen LogP contribution in [0.3, 0.4) is 0 Å². The van der Waals surface area contributed by atoms with Crippen LogP contribution in [0.4, 0.5) is 13.2 Å². The molecule has 0 nitrogen and oxygen atoms in total. The van der Waals surface area contributed by atoms with Gasteiger partial charge in [0.1, 0.15) is 17.5 Å². The van der Waals surface area contributed by atoms with Gasteiger partial charge in [-0.15, -0.1) is 11.6 Å². The van der Waals surface area contributed by atoms with Crippen LogP contribution in [-0.2, 0) is 0 Å². The van der Waals surface area contributed by atoms with Gasteiger partial charge in [0, 0.05) is 22.2 Å². The lowest BCUT2D eigenvalue weighted by atomic mass is 10.0. The van der Waals surface area contributed by atoms with Crippen LogP contribution >= 0.6 is 23.2 Å². The van der Waals surface area contributed by atoms with E-state index in [1.807, 2.05) is 0 Å². The molecule has 0 N–H and O–H groups in total. The Morgan fingerprint density at radius 1 is 0.944 bits per heavy atom. The molecule has 2 aromatic rings. The Hall–Kier alpha value is -1.19. The standard InChI is InChI=1S/C13H7Cl2F3/c14-9-2-1-3-10(17)12(9)13(15)8-5-4-7(16)6-11(8)18/h1-6,13H. The van der Waals surface area contributed by atoms with Gasteiger partial charge in [0.05, 0.1) is 5.38 Å². The smallest absolute Gasteiger partial charge is 0.131 e. The monoisotopic (exact) mass is 290 g/mol.